The van der Waals surface area contributed by atoms with E-state index < -0.39 is 0 Å². The van der Waals surface area contributed by atoms with E-state index in [0.29, 0.717) is 29.1 Å². The number of thioether (sulfide) groups is 1. The molecule has 0 saturated heterocycles. The number of rotatable bonds is 6. The Hall–Kier alpha value is -1.69. The Kier molecular flexibility index (Phi) is 4.89. The summed E-state index contributed by atoms with van der Waals surface area (Å²) in [5.74, 6) is 4.33. The van der Waals surface area contributed by atoms with E-state index in [1.807, 2.05) is 12.1 Å². The molecule has 0 fully saturated rings. The molecule has 0 radical (unpaired) electrons. The van der Waals surface area contributed by atoms with Crippen LogP contribution in [-0.2, 0) is 5.75 Å². The van der Waals surface area contributed by atoms with Crippen LogP contribution in [0.2, 0.25) is 0 Å². The van der Waals surface area contributed by atoms with Crippen LogP contribution in [0.25, 0.3) is 11.5 Å². The van der Waals surface area contributed by atoms with E-state index in [2.05, 4.69) is 24.0 Å². The number of nitrogens with two attached hydrogens (primary N) is 1. The van der Waals surface area contributed by atoms with Crippen molar-refractivity contribution >= 4 is 17.4 Å². The Balaban J connectivity index is 2.08. The highest BCUT2D eigenvalue weighted by atomic mass is 32.2. The first-order valence-corrected chi connectivity index (χ1v) is 7.60. The highest BCUT2D eigenvalue weighted by Gasteiger charge is 2.12. The third-order valence-corrected chi connectivity index (χ3v) is 4.00. The summed E-state index contributed by atoms with van der Waals surface area (Å²) in [4.78, 5) is 4.37. The Labute approximate surface area is 122 Å². The molecular formula is C14H19N3O2S. The minimum atomic E-state index is 0.449. The Morgan fingerprint density at radius 3 is 2.85 bits per heavy atom. The first-order chi connectivity index (χ1) is 9.60. The molecule has 108 valence electrons. The van der Waals surface area contributed by atoms with Gasteiger partial charge in [-0.1, -0.05) is 19.0 Å². The molecule has 0 aliphatic carbocycles. The summed E-state index contributed by atoms with van der Waals surface area (Å²) < 4.78 is 10.4. The average Bonchev–Trinajstić information content (AvgIpc) is 2.86. The number of aromatic nitrogens is 2. The lowest BCUT2D eigenvalue weighted by Gasteiger charge is -2.03. The van der Waals surface area contributed by atoms with E-state index in [1.165, 1.54) is 0 Å². The fourth-order valence-corrected chi connectivity index (χ4v) is 2.56. The van der Waals surface area contributed by atoms with Crippen LogP contribution in [0, 0.1) is 5.92 Å². The Morgan fingerprint density at radius 1 is 1.40 bits per heavy atom. The first-order valence-electron chi connectivity index (χ1n) is 6.44. The maximum atomic E-state index is 5.97. The van der Waals surface area contributed by atoms with Crippen molar-refractivity contribution in [2.24, 2.45) is 5.92 Å². The summed E-state index contributed by atoms with van der Waals surface area (Å²) in [5.41, 5.74) is 7.26. The largest absolute Gasteiger partial charge is 0.497 e. The van der Waals surface area contributed by atoms with Gasteiger partial charge < -0.3 is 15.0 Å². The van der Waals surface area contributed by atoms with Gasteiger partial charge in [0.05, 0.1) is 18.4 Å². The predicted molar refractivity (Wildman–Crippen MR) is 81.7 cm³/mol. The second-order valence-corrected chi connectivity index (χ2v) is 5.91. The molecule has 2 N–H and O–H groups in total. The van der Waals surface area contributed by atoms with Crippen LogP contribution >= 0.6 is 11.8 Å². The minimum absolute atomic E-state index is 0.449. The first kappa shape index (κ1) is 14.7. The second-order valence-electron chi connectivity index (χ2n) is 4.88. The zero-order valence-electron chi connectivity index (χ0n) is 11.9. The summed E-state index contributed by atoms with van der Waals surface area (Å²) in [6.07, 6.45) is 0. The molecule has 0 aliphatic heterocycles. The van der Waals surface area contributed by atoms with E-state index in [0.717, 1.165) is 17.1 Å². The second kappa shape index (κ2) is 6.65. The van der Waals surface area contributed by atoms with E-state index in [4.69, 9.17) is 15.0 Å². The van der Waals surface area contributed by atoms with Crippen molar-refractivity contribution in [3.05, 3.63) is 24.0 Å². The van der Waals surface area contributed by atoms with E-state index in [-0.39, 0.29) is 0 Å². The predicted octanol–water partition coefficient (Wildman–Crippen LogP) is 3.22. The molecule has 0 saturated carbocycles. The van der Waals surface area contributed by atoms with Crippen LogP contribution in [0.1, 0.15) is 19.7 Å². The maximum Gasteiger partial charge on any atom is 0.260 e. The number of methoxy groups -OCH3 is 1. The molecule has 0 aliphatic rings. The Bertz CT molecular complexity index is 569. The van der Waals surface area contributed by atoms with Gasteiger partial charge in [-0.05, 0) is 23.8 Å². The van der Waals surface area contributed by atoms with Crippen molar-refractivity contribution in [3.63, 3.8) is 0 Å². The van der Waals surface area contributed by atoms with Gasteiger partial charge in [-0.25, -0.2) is 0 Å². The highest BCUT2D eigenvalue weighted by molar-refractivity contribution is 7.98. The molecule has 5 nitrogen and oxygen atoms in total. The van der Waals surface area contributed by atoms with Crippen LogP contribution in [-0.4, -0.2) is 23.0 Å². The summed E-state index contributed by atoms with van der Waals surface area (Å²) in [5, 5.41) is 3.98. The van der Waals surface area contributed by atoms with Crippen LogP contribution in [0.4, 0.5) is 5.69 Å². The number of nitrogen functional groups attached to an aromatic ring is 1. The summed E-state index contributed by atoms with van der Waals surface area (Å²) >= 11 is 1.80. The number of nitrogens with zero attached hydrogens (tertiary/aromatic N) is 2. The number of benzene rings is 1. The number of hydrogen-bond donors (Lipinski definition) is 1. The number of anilines is 1. The molecule has 0 bridgehead atoms. The van der Waals surface area contributed by atoms with E-state index in [1.54, 1.807) is 24.9 Å². The molecule has 2 rings (SSSR count). The van der Waals surface area contributed by atoms with Gasteiger partial charge in [-0.2, -0.15) is 16.7 Å². The Morgan fingerprint density at radius 2 is 2.20 bits per heavy atom. The van der Waals surface area contributed by atoms with Gasteiger partial charge in [0.15, 0.2) is 5.82 Å². The highest BCUT2D eigenvalue weighted by Crippen LogP contribution is 2.28. The zero-order valence-corrected chi connectivity index (χ0v) is 12.7. The SMILES string of the molecule is COc1ccc(-c2nc(CSCC(C)C)no2)c(N)c1. The average molecular weight is 293 g/mol. The molecule has 6 heteroatoms. The van der Waals surface area contributed by atoms with Gasteiger partial charge in [-0.3, -0.25) is 0 Å². The van der Waals surface area contributed by atoms with Crippen LogP contribution < -0.4 is 10.5 Å². The lowest BCUT2D eigenvalue weighted by molar-refractivity contribution is 0.414. The topological polar surface area (TPSA) is 74.2 Å². The molecule has 20 heavy (non-hydrogen) atoms. The number of hydrogen-bond acceptors (Lipinski definition) is 6. The van der Waals surface area contributed by atoms with Crippen molar-refractivity contribution < 1.29 is 9.26 Å². The van der Waals surface area contributed by atoms with E-state index in [9.17, 15) is 0 Å². The van der Waals surface area contributed by atoms with Crippen LogP contribution in [0.15, 0.2) is 22.7 Å². The van der Waals surface area contributed by atoms with Crippen LogP contribution in [0.3, 0.4) is 0 Å². The van der Waals surface area contributed by atoms with Crippen molar-refractivity contribution in [2.75, 3.05) is 18.6 Å². The standard InChI is InChI=1S/C14H19N3O2S/c1-9(2)7-20-8-13-16-14(19-17-13)11-5-4-10(18-3)6-12(11)15/h4-6,9H,7-8,15H2,1-3H3. The summed E-state index contributed by atoms with van der Waals surface area (Å²) in [7, 11) is 1.60. The van der Waals surface area contributed by atoms with Gasteiger partial charge in [0, 0.05) is 11.8 Å². The van der Waals surface area contributed by atoms with Crippen LogP contribution in [0.5, 0.6) is 5.75 Å². The molecular weight excluding hydrogens is 274 g/mol. The minimum Gasteiger partial charge on any atom is -0.497 e. The maximum absolute atomic E-state index is 5.97. The van der Waals surface area contributed by atoms with E-state index >= 15 is 0 Å². The normalized spacial score (nSPS) is 11.0. The lowest BCUT2D eigenvalue weighted by atomic mass is 10.1. The van der Waals surface area contributed by atoms with Crippen molar-refractivity contribution in [1.29, 1.82) is 0 Å². The molecule has 0 amide bonds. The molecule has 1 aromatic heterocycles. The molecule has 0 unspecified atom stereocenters. The summed E-state index contributed by atoms with van der Waals surface area (Å²) in [6, 6.07) is 5.39. The molecule has 0 spiro atoms. The summed E-state index contributed by atoms with van der Waals surface area (Å²) in [6.45, 7) is 4.37. The van der Waals surface area contributed by atoms with Gasteiger partial charge >= 0.3 is 0 Å². The lowest BCUT2D eigenvalue weighted by Crippen LogP contribution is -1.93. The van der Waals surface area contributed by atoms with Crippen molar-refractivity contribution in [2.45, 2.75) is 19.6 Å². The fraction of sp³-hybridized carbons (Fsp3) is 0.429. The van der Waals surface area contributed by atoms with Gasteiger partial charge in [-0.15, -0.1) is 0 Å². The monoisotopic (exact) mass is 293 g/mol. The quantitative estimate of drug-likeness (QED) is 0.824. The third-order valence-electron chi connectivity index (χ3n) is 2.64. The van der Waals surface area contributed by atoms with Gasteiger partial charge in [0.1, 0.15) is 5.75 Å². The van der Waals surface area contributed by atoms with Crippen molar-refractivity contribution in [3.8, 4) is 17.2 Å². The zero-order chi connectivity index (χ0) is 14.5. The molecule has 2 aromatic rings. The smallest absolute Gasteiger partial charge is 0.260 e. The number of ether oxygens (including phenoxy) is 1. The molecule has 1 heterocycles. The van der Waals surface area contributed by atoms with Crippen molar-refractivity contribution in [1.82, 2.24) is 10.1 Å². The third kappa shape index (κ3) is 3.66. The molecule has 0 atom stereocenters. The fourth-order valence-electron chi connectivity index (χ4n) is 1.67. The molecule has 1 aromatic carbocycles. The van der Waals surface area contributed by atoms with Gasteiger partial charge in [0.25, 0.3) is 5.89 Å². The van der Waals surface area contributed by atoms with Gasteiger partial charge in [0.2, 0.25) is 0 Å².